The van der Waals surface area contributed by atoms with Gasteiger partial charge in [0, 0.05) is 6.21 Å². The predicted molar refractivity (Wildman–Crippen MR) is 55.2 cm³/mol. The summed E-state index contributed by atoms with van der Waals surface area (Å²) in [5, 5.41) is 0. The Bertz CT molecular complexity index is 169. The molecule has 0 aliphatic carbocycles. The van der Waals surface area contributed by atoms with Crippen LogP contribution in [0.3, 0.4) is 0 Å². The van der Waals surface area contributed by atoms with E-state index in [1.54, 1.807) is 0 Å². The van der Waals surface area contributed by atoms with E-state index in [0.717, 1.165) is 31.5 Å². The van der Waals surface area contributed by atoms with E-state index < -0.39 is 0 Å². The molecule has 0 aromatic rings. The van der Waals surface area contributed by atoms with Crippen LogP contribution in [0.25, 0.3) is 0 Å². The molecule has 0 amide bonds. The molecule has 0 radical (unpaired) electrons. The van der Waals surface area contributed by atoms with Crippen LogP contribution in [0.5, 0.6) is 0 Å². The topological polar surface area (TPSA) is 38.4 Å². The minimum absolute atomic E-state index is 0.723. The molecular weight excluding hydrogens is 148 g/mol. The summed E-state index contributed by atoms with van der Waals surface area (Å²) >= 11 is 0. The van der Waals surface area contributed by atoms with Crippen LogP contribution < -0.4 is 5.73 Å². The van der Waals surface area contributed by atoms with Crippen LogP contribution in [-0.4, -0.2) is 6.21 Å². The minimum atomic E-state index is 0.723. The summed E-state index contributed by atoms with van der Waals surface area (Å²) in [5.74, 6) is 0.723. The maximum absolute atomic E-state index is 5.78. The van der Waals surface area contributed by atoms with Crippen molar-refractivity contribution in [2.45, 2.75) is 46.5 Å². The van der Waals surface area contributed by atoms with Gasteiger partial charge in [0.15, 0.2) is 0 Å². The summed E-state index contributed by atoms with van der Waals surface area (Å²) in [4.78, 5) is 4.16. The smallest absolute Gasteiger partial charge is 0.122 e. The Morgan fingerprint density at radius 3 is 2.42 bits per heavy atom. The summed E-state index contributed by atoms with van der Waals surface area (Å²) in [6.07, 6.45) is 6.04. The predicted octanol–water partition coefficient (Wildman–Crippen LogP) is 2.85. The molecule has 0 bridgehead atoms. The van der Waals surface area contributed by atoms with E-state index in [1.165, 1.54) is 5.57 Å². The molecule has 0 aliphatic rings. The Balaban J connectivity index is 4.26. The van der Waals surface area contributed by atoms with Crippen molar-refractivity contribution in [3.8, 4) is 0 Å². The van der Waals surface area contributed by atoms with Crippen LogP contribution in [-0.2, 0) is 0 Å². The van der Waals surface area contributed by atoms with Crippen molar-refractivity contribution in [1.29, 1.82) is 0 Å². The van der Waals surface area contributed by atoms with Gasteiger partial charge in [0.25, 0.3) is 0 Å². The number of rotatable bonds is 5. The molecule has 0 heterocycles. The first-order chi connectivity index (χ1) is 5.76. The SMILES string of the molecule is CC/C=N\C(N)=C(CC)CCC. The first-order valence-corrected chi connectivity index (χ1v) is 4.76. The highest BCUT2D eigenvalue weighted by Gasteiger charge is 1.97. The number of nitrogens with zero attached hydrogens (tertiary/aromatic N) is 1. The van der Waals surface area contributed by atoms with Gasteiger partial charge in [0.05, 0.1) is 0 Å². The zero-order chi connectivity index (χ0) is 9.40. The fourth-order valence-electron chi connectivity index (χ4n) is 1.07. The van der Waals surface area contributed by atoms with Crippen molar-refractivity contribution >= 4 is 6.21 Å². The van der Waals surface area contributed by atoms with Crippen molar-refractivity contribution in [2.24, 2.45) is 10.7 Å². The lowest BCUT2D eigenvalue weighted by Gasteiger charge is -2.03. The average molecular weight is 168 g/mol. The van der Waals surface area contributed by atoms with E-state index in [1.807, 2.05) is 6.21 Å². The second-order valence-electron chi connectivity index (χ2n) is 2.81. The normalized spacial score (nSPS) is 13.6. The molecule has 2 heteroatoms. The fraction of sp³-hybridized carbons (Fsp3) is 0.700. The Hall–Kier alpha value is -0.790. The highest BCUT2D eigenvalue weighted by Crippen LogP contribution is 2.12. The van der Waals surface area contributed by atoms with E-state index >= 15 is 0 Å². The molecule has 2 nitrogen and oxygen atoms in total. The summed E-state index contributed by atoms with van der Waals surface area (Å²) in [5.41, 5.74) is 7.06. The molecule has 0 fully saturated rings. The van der Waals surface area contributed by atoms with Crippen LogP contribution in [0.1, 0.15) is 46.5 Å². The second-order valence-corrected chi connectivity index (χ2v) is 2.81. The highest BCUT2D eigenvalue weighted by molar-refractivity contribution is 5.58. The molecule has 0 atom stereocenters. The molecule has 70 valence electrons. The molecule has 0 saturated carbocycles. The number of hydrogen-bond acceptors (Lipinski definition) is 2. The monoisotopic (exact) mass is 168 g/mol. The Morgan fingerprint density at radius 1 is 1.33 bits per heavy atom. The number of aliphatic imine (C=N–C) groups is 1. The van der Waals surface area contributed by atoms with Gasteiger partial charge in [-0.25, -0.2) is 4.99 Å². The Morgan fingerprint density at radius 2 is 2.00 bits per heavy atom. The maximum Gasteiger partial charge on any atom is 0.122 e. The molecular formula is C10H20N2. The zero-order valence-corrected chi connectivity index (χ0v) is 8.43. The van der Waals surface area contributed by atoms with Gasteiger partial charge in [-0.3, -0.25) is 0 Å². The zero-order valence-electron chi connectivity index (χ0n) is 8.43. The third-order valence-electron chi connectivity index (χ3n) is 1.75. The lowest BCUT2D eigenvalue weighted by molar-refractivity contribution is 0.834. The van der Waals surface area contributed by atoms with Gasteiger partial charge in [-0.05, 0) is 24.8 Å². The molecule has 12 heavy (non-hydrogen) atoms. The maximum atomic E-state index is 5.78. The van der Waals surface area contributed by atoms with Gasteiger partial charge < -0.3 is 5.73 Å². The minimum Gasteiger partial charge on any atom is -0.384 e. The van der Waals surface area contributed by atoms with E-state index in [2.05, 4.69) is 25.8 Å². The van der Waals surface area contributed by atoms with Crippen molar-refractivity contribution in [1.82, 2.24) is 0 Å². The molecule has 0 aromatic carbocycles. The second kappa shape index (κ2) is 6.89. The number of hydrogen-bond donors (Lipinski definition) is 1. The summed E-state index contributed by atoms with van der Waals surface area (Å²) in [7, 11) is 0. The molecule has 0 rings (SSSR count). The lowest BCUT2D eigenvalue weighted by Crippen LogP contribution is -2.00. The van der Waals surface area contributed by atoms with E-state index in [0.29, 0.717) is 0 Å². The van der Waals surface area contributed by atoms with Gasteiger partial charge in [-0.15, -0.1) is 0 Å². The summed E-state index contributed by atoms with van der Waals surface area (Å²) in [6.45, 7) is 6.34. The molecule has 0 saturated heterocycles. The third kappa shape index (κ3) is 4.16. The van der Waals surface area contributed by atoms with Crippen molar-refractivity contribution in [3.05, 3.63) is 11.4 Å². The lowest BCUT2D eigenvalue weighted by atomic mass is 10.1. The molecule has 2 N–H and O–H groups in total. The van der Waals surface area contributed by atoms with Gasteiger partial charge in [-0.2, -0.15) is 0 Å². The van der Waals surface area contributed by atoms with Crippen molar-refractivity contribution < 1.29 is 0 Å². The quantitative estimate of drug-likeness (QED) is 0.630. The van der Waals surface area contributed by atoms with Crippen LogP contribution in [0.15, 0.2) is 16.4 Å². The fourth-order valence-corrected chi connectivity index (χ4v) is 1.07. The summed E-state index contributed by atoms with van der Waals surface area (Å²) in [6, 6.07) is 0. The Labute approximate surface area is 75.6 Å². The number of nitrogens with two attached hydrogens (primary N) is 1. The molecule has 0 spiro atoms. The largest absolute Gasteiger partial charge is 0.384 e. The van der Waals surface area contributed by atoms with Crippen LogP contribution in [0.4, 0.5) is 0 Å². The first-order valence-electron chi connectivity index (χ1n) is 4.76. The molecule has 0 aliphatic heterocycles. The van der Waals surface area contributed by atoms with E-state index in [9.17, 15) is 0 Å². The Kier molecular flexibility index (Phi) is 6.44. The highest BCUT2D eigenvalue weighted by atomic mass is 14.9. The average Bonchev–Trinajstić information content (AvgIpc) is 2.10. The van der Waals surface area contributed by atoms with Crippen molar-refractivity contribution in [3.63, 3.8) is 0 Å². The van der Waals surface area contributed by atoms with Gasteiger partial charge in [-0.1, -0.05) is 27.2 Å². The third-order valence-corrected chi connectivity index (χ3v) is 1.75. The van der Waals surface area contributed by atoms with Gasteiger partial charge in [0.1, 0.15) is 5.82 Å². The summed E-state index contributed by atoms with van der Waals surface area (Å²) < 4.78 is 0. The first kappa shape index (κ1) is 11.2. The van der Waals surface area contributed by atoms with E-state index in [-0.39, 0.29) is 0 Å². The van der Waals surface area contributed by atoms with Crippen molar-refractivity contribution in [2.75, 3.05) is 0 Å². The van der Waals surface area contributed by atoms with Crippen LogP contribution >= 0.6 is 0 Å². The van der Waals surface area contributed by atoms with Crippen LogP contribution in [0, 0.1) is 0 Å². The molecule has 0 unspecified atom stereocenters. The number of allylic oxidation sites excluding steroid dienone is 1. The van der Waals surface area contributed by atoms with Gasteiger partial charge in [0.2, 0.25) is 0 Å². The van der Waals surface area contributed by atoms with E-state index in [4.69, 9.17) is 5.73 Å². The molecule has 0 aromatic heterocycles. The standard InChI is InChI=1S/C10H20N2/c1-4-7-9(6-3)10(11)12-8-5-2/h8H,4-7,11H2,1-3H3/b10-9?,12-8-. The van der Waals surface area contributed by atoms with Crippen LogP contribution in [0.2, 0.25) is 0 Å². The van der Waals surface area contributed by atoms with Gasteiger partial charge >= 0.3 is 0 Å².